The molecule has 0 rings (SSSR count). The number of hydrogen-bond donors (Lipinski definition) is 0. The van der Waals surface area contributed by atoms with Crippen LogP contribution in [0.15, 0.2) is 25.3 Å². The van der Waals surface area contributed by atoms with E-state index < -0.39 is 0 Å². The number of carbonyl (C=O) groups excluding carboxylic acids is 1. The van der Waals surface area contributed by atoms with Crippen molar-refractivity contribution in [2.24, 2.45) is 0 Å². The summed E-state index contributed by atoms with van der Waals surface area (Å²) >= 11 is 0. The Bertz CT molecular complexity index is 258. The van der Waals surface area contributed by atoms with E-state index in [0.29, 0.717) is 0 Å². The molecule has 0 spiro atoms. The Balaban J connectivity index is 3.51. The average molecular weight is 280 g/mol. The molecule has 0 aliphatic heterocycles. The smallest absolute Gasteiger partial charge is 0.330 e. The van der Waals surface area contributed by atoms with Crippen LogP contribution in [0.4, 0.5) is 0 Å². The second-order valence-corrected chi connectivity index (χ2v) is 5.40. The molecule has 0 amide bonds. The van der Waals surface area contributed by atoms with Gasteiger partial charge < -0.3 is 4.74 Å². The van der Waals surface area contributed by atoms with Crippen LogP contribution in [-0.2, 0) is 9.53 Å². The molecule has 2 heteroatoms. The molecule has 0 saturated heterocycles. The average Bonchev–Trinajstić information content (AvgIpc) is 2.45. The molecule has 0 aromatic heterocycles. The highest BCUT2D eigenvalue weighted by molar-refractivity contribution is 5.81. The molecular formula is C18H32O2. The number of carbonyl (C=O) groups is 1. The van der Waals surface area contributed by atoms with E-state index in [4.69, 9.17) is 4.74 Å². The van der Waals surface area contributed by atoms with E-state index >= 15 is 0 Å². The predicted molar refractivity (Wildman–Crippen MR) is 86.7 cm³/mol. The van der Waals surface area contributed by atoms with Crippen molar-refractivity contribution in [3.8, 4) is 0 Å². The third kappa shape index (κ3) is 12.0. The fourth-order valence-corrected chi connectivity index (χ4v) is 2.31. The van der Waals surface area contributed by atoms with E-state index in [1.54, 1.807) is 0 Å². The molecule has 0 aliphatic carbocycles. The summed E-state index contributed by atoms with van der Waals surface area (Å²) in [6.45, 7) is 9.38. The molecule has 0 saturated carbocycles. The van der Waals surface area contributed by atoms with Gasteiger partial charge in [-0.15, -0.1) is 6.58 Å². The van der Waals surface area contributed by atoms with E-state index in [2.05, 4.69) is 20.1 Å². The molecule has 116 valence electrons. The highest BCUT2D eigenvalue weighted by Gasteiger charge is 2.10. The first-order valence-electron chi connectivity index (χ1n) is 8.18. The first-order chi connectivity index (χ1) is 9.74. The number of rotatable bonds is 14. The van der Waals surface area contributed by atoms with Gasteiger partial charge in [0, 0.05) is 12.5 Å². The molecule has 0 aliphatic rings. The zero-order valence-corrected chi connectivity index (χ0v) is 13.2. The van der Waals surface area contributed by atoms with Gasteiger partial charge in [-0.25, -0.2) is 4.79 Å². The monoisotopic (exact) mass is 280 g/mol. The van der Waals surface area contributed by atoms with Gasteiger partial charge in [0.1, 0.15) is 6.10 Å². The molecule has 0 N–H and O–H groups in total. The minimum absolute atomic E-state index is 0.0254. The van der Waals surface area contributed by atoms with E-state index in [-0.39, 0.29) is 12.1 Å². The summed E-state index contributed by atoms with van der Waals surface area (Å²) in [4.78, 5) is 11.2. The van der Waals surface area contributed by atoms with Crippen molar-refractivity contribution < 1.29 is 9.53 Å². The Morgan fingerprint density at radius 2 is 1.55 bits per heavy atom. The molecule has 0 bridgehead atoms. The van der Waals surface area contributed by atoms with E-state index in [1.807, 2.05) is 6.08 Å². The van der Waals surface area contributed by atoms with Gasteiger partial charge >= 0.3 is 5.97 Å². The molecule has 1 atom stereocenters. The largest absolute Gasteiger partial charge is 0.459 e. The van der Waals surface area contributed by atoms with Crippen LogP contribution in [0.2, 0.25) is 0 Å². The molecule has 0 heterocycles. The van der Waals surface area contributed by atoms with E-state index in [9.17, 15) is 4.79 Å². The Morgan fingerprint density at radius 3 is 2.05 bits per heavy atom. The topological polar surface area (TPSA) is 26.3 Å². The molecule has 0 aromatic rings. The molecular weight excluding hydrogens is 248 g/mol. The summed E-state index contributed by atoms with van der Waals surface area (Å²) in [6, 6.07) is 0. The summed E-state index contributed by atoms with van der Waals surface area (Å²) in [5, 5.41) is 0. The second kappa shape index (κ2) is 14.4. The molecule has 0 aromatic carbocycles. The highest BCUT2D eigenvalue weighted by Crippen LogP contribution is 2.14. The quantitative estimate of drug-likeness (QED) is 0.180. The van der Waals surface area contributed by atoms with Gasteiger partial charge in [0.15, 0.2) is 0 Å². The molecule has 20 heavy (non-hydrogen) atoms. The Hall–Kier alpha value is -1.05. The van der Waals surface area contributed by atoms with Crippen molar-refractivity contribution in [2.75, 3.05) is 0 Å². The van der Waals surface area contributed by atoms with Crippen molar-refractivity contribution in [3.63, 3.8) is 0 Å². The Morgan fingerprint density at radius 1 is 1.00 bits per heavy atom. The van der Waals surface area contributed by atoms with E-state index in [0.717, 1.165) is 19.3 Å². The predicted octanol–water partition coefficient (Wildman–Crippen LogP) is 5.58. The van der Waals surface area contributed by atoms with Crippen molar-refractivity contribution in [1.29, 1.82) is 0 Å². The zero-order valence-electron chi connectivity index (χ0n) is 13.2. The molecule has 0 fully saturated rings. The number of ether oxygens (including phenoxy) is 1. The van der Waals surface area contributed by atoms with Crippen LogP contribution in [0.25, 0.3) is 0 Å². The van der Waals surface area contributed by atoms with Crippen LogP contribution in [0.3, 0.4) is 0 Å². The van der Waals surface area contributed by atoms with Gasteiger partial charge in [0.2, 0.25) is 0 Å². The van der Waals surface area contributed by atoms with Crippen molar-refractivity contribution >= 4 is 5.97 Å². The third-order valence-corrected chi connectivity index (χ3v) is 3.51. The fraction of sp³-hybridized carbons (Fsp3) is 0.722. The molecule has 0 unspecified atom stereocenters. The number of unbranched alkanes of at least 4 members (excludes halogenated alkanes) is 8. The van der Waals surface area contributed by atoms with E-state index in [1.165, 1.54) is 57.4 Å². The Kier molecular flexibility index (Phi) is 13.6. The highest BCUT2D eigenvalue weighted by atomic mass is 16.5. The van der Waals surface area contributed by atoms with Crippen LogP contribution in [0, 0.1) is 0 Å². The van der Waals surface area contributed by atoms with Gasteiger partial charge in [-0.2, -0.15) is 0 Å². The molecule has 2 nitrogen and oxygen atoms in total. The van der Waals surface area contributed by atoms with Gasteiger partial charge in [-0.1, -0.05) is 70.9 Å². The third-order valence-electron chi connectivity index (χ3n) is 3.51. The minimum Gasteiger partial charge on any atom is -0.459 e. The summed E-state index contributed by atoms with van der Waals surface area (Å²) in [5.41, 5.74) is 0. The maximum atomic E-state index is 11.2. The standard InChI is InChI=1S/C18H32O2/c1-4-7-8-9-10-11-12-13-14-16-17(15-5-2)20-18(19)6-3/h5-6,17H,2-4,7-16H2,1H3/t17-/m1/s1. The SMILES string of the molecule is C=CC[C@H](CCCCCCCCCCC)OC(=O)C=C. The first-order valence-corrected chi connectivity index (χ1v) is 8.18. The normalized spacial score (nSPS) is 11.8. The summed E-state index contributed by atoms with van der Waals surface area (Å²) in [5.74, 6) is -0.326. The number of hydrogen-bond acceptors (Lipinski definition) is 2. The molecule has 0 radical (unpaired) electrons. The maximum absolute atomic E-state index is 11.2. The first kappa shape index (κ1) is 18.9. The summed E-state index contributed by atoms with van der Waals surface area (Å²) in [7, 11) is 0. The van der Waals surface area contributed by atoms with Crippen molar-refractivity contribution in [3.05, 3.63) is 25.3 Å². The van der Waals surface area contributed by atoms with Crippen LogP contribution in [0.1, 0.15) is 77.6 Å². The lowest BCUT2D eigenvalue weighted by Crippen LogP contribution is -2.15. The lowest BCUT2D eigenvalue weighted by Gasteiger charge is -2.15. The van der Waals surface area contributed by atoms with Crippen LogP contribution < -0.4 is 0 Å². The van der Waals surface area contributed by atoms with Crippen LogP contribution in [0.5, 0.6) is 0 Å². The second-order valence-electron chi connectivity index (χ2n) is 5.40. The van der Waals surface area contributed by atoms with Gasteiger partial charge in [0.05, 0.1) is 0 Å². The lowest BCUT2D eigenvalue weighted by molar-refractivity contribution is -0.143. The van der Waals surface area contributed by atoms with Crippen molar-refractivity contribution in [2.45, 2.75) is 83.7 Å². The van der Waals surface area contributed by atoms with Crippen LogP contribution >= 0.6 is 0 Å². The number of esters is 1. The summed E-state index contributed by atoms with van der Waals surface area (Å²) in [6.07, 6.45) is 16.5. The minimum atomic E-state index is -0.326. The van der Waals surface area contributed by atoms with Gasteiger partial charge in [-0.05, 0) is 12.8 Å². The van der Waals surface area contributed by atoms with Crippen LogP contribution in [-0.4, -0.2) is 12.1 Å². The van der Waals surface area contributed by atoms with Crippen molar-refractivity contribution in [1.82, 2.24) is 0 Å². The fourth-order valence-electron chi connectivity index (χ4n) is 2.31. The van der Waals surface area contributed by atoms with Gasteiger partial charge in [-0.3, -0.25) is 0 Å². The Labute approximate surface area is 125 Å². The zero-order chi connectivity index (χ0) is 15.1. The lowest BCUT2D eigenvalue weighted by atomic mass is 10.0. The van der Waals surface area contributed by atoms with Gasteiger partial charge in [0.25, 0.3) is 0 Å². The maximum Gasteiger partial charge on any atom is 0.330 e. The summed E-state index contributed by atoms with van der Waals surface area (Å²) < 4.78 is 5.28.